The van der Waals surface area contributed by atoms with Gasteiger partial charge in [0.05, 0.1) is 23.7 Å². The molecule has 0 aliphatic carbocycles. The van der Waals surface area contributed by atoms with Crippen molar-refractivity contribution in [3.05, 3.63) is 42.0 Å². The number of hydrogen-bond acceptors (Lipinski definition) is 3. The van der Waals surface area contributed by atoms with Crippen molar-refractivity contribution in [1.82, 2.24) is 9.97 Å². The number of H-pyrrole nitrogens is 1. The summed E-state index contributed by atoms with van der Waals surface area (Å²) in [4.78, 5) is 7.73. The van der Waals surface area contributed by atoms with Gasteiger partial charge >= 0.3 is 0 Å². The van der Waals surface area contributed by atoms with Crippen LogP contribution in [0.25, 0.3) is 22.4 Å². The molecular formula is C15H14N2O2. The Kier molecular flexibility index (Phi) is 2.63. The third-order valence-corrected chi connectivity index (χ3v) is 3.08. The number of fused-ring (bicyclic) bond motifs is 1. The van der Waals surface area contributed by atoms with Crippen molar-refractivity contribution in [1.29, 1.82) is 0 Å². The highest BCUT2D eigenvalue weighted by molar-refractivity contribution is 5.81. The maximum absolute atomic E-state index is 9.48. The van der Waals surface area contributed by atoms with Crippen molar-refractivity contribution in [3.8, 4) is 22.9 Å². The molecule has 4 nitrogen and oxygen atoms in total. The van der Waals surface area contributed by atoms with E-state index in [-0.39, 0.29) is 5.75 Å². The molecular weight excluding hydrogens is 240 g/mol. The summed E-state index contributed by atoms with van der Waals surface area (Å²) >= 11 is 0. The van der Waals surface area contributed by atoms with Crippen LogP contribution in [-0.2, 0) is 0 Å². The summed E-state index contributed by atoms with van der Waals surface area (Å²) in [5, 5.41) is 9.48. The Balaban J connectivity index is 2.21. The summed E-state index contributed by atoms with van der Waals surface area (Å²) in [5.41, 5.74) is 3.67. The first-order chi connectivity index (χ1) is 9.17. The number of hydrogen-bond donors (Lipinski definition) is 2. The van der Waals surface area contributed by atoms with Crippen molar-refractivity contribution in [2.75, 3.05) is 7.11 Å². The highest BCUT2D eigenvalue weighted by atomic mass is 16.5. The number of aromatic hydroxyl groups is 1. The molecule has 1 aromatic heterocycles. The smallest absolute Gasteiger partial charge is 0.142 e. The Labute approximate surface area is 110 Å². The Hall–Kier alpha value is -2.49. The van der Waals surface area contributed by atoms with Gasteiger partial charge in [0.25, 0.3) is 0 Å². The summed E-state index contributed by atoms with van der Waals surface area (Å²) in [6.07, 6.45) is 0. The summed E-state index contributed by atoms with van der Waals surface area (Å²) in [6, 6.07) is 11.0. The largest absolute Gasteiger partial charge is 0.508 e. The van der Waals surface area contributed by atoms with E-state index in [1.807, 2.05) is 25.1 Å². The van der Waals surface area contributed by atoms with Crippen LogP contribution in [-0.4, -0.2) is 22.2 Å². The Morgan fingerprint density at radius 1 is 1.16 bits per heavy atom. The number of aromatic amines is 1. The van der Waals surface area contributed by atoms with Crippen LogP contribution in [0.3, 0.4) is 0 Å². The number of ether oxygens (including phenoxy) is 1. The summed E-state index contributed by atoms with van der Waals surface area (Å²) in [5.74, 6) is 1.73. The fourth-order valence-corrected chi connectivity index (χ4v) is 2.13. The highest BCUT2D eigenvalue weighted by Gasteiger charge is 2.11. The normalized spacial score (nSPS) is 10.8. The molecule has 19 heavy (non-hydrogen) atoms. The van der Waals surface area contributed by atoms with E-state index >= 15 is 0 Å². The van der Waals surface area contributed by atoms with Gasteiger partial charge in [-0.1, -0.05) is 11.6 Å². The van der Waals surface area contributed by atoms with Crippen LogP contribution in [0.4, 0.5) is 0 Å². The number of phenols is 1. The second-order valence-corrected chi connectivity index (χ2v) is 4.49. The van der Waals surface area contributed by atoms with Gasteiger partial charge in [-0.05, 0) is 31.2 Å². The first kappa shape index (κ1) is 11.6. The van der Waals surface area contributed by atoms with E-state index in [1.54, 1.807) is 25.3 Å². The standard InChI is InChI=1S/C15H14N2O2/c1-9-3-6-14(19-2)11(7-9)15-16-12-5-4-10(18)8-13(12)17-15/h3-8,18H,1-2H3,(H,16,17). The predicted molar refractivity (Wildman–Crippen MR) is 74.5 cm³/mol. The Morgan fingerprint density at radius 3 is 2.79 bits per heavy atom. The van der Waals surface area contributed by atoms with Crippen molar-refractivity contribution in [3.63, 3.8) is 0 Å². The first-order valence-electron chi connectivity index (χ1n) is 6.01. The molecule has 0 amide bonds. The molecule has 0 unspecified atom stereocenters. The van der Waals surface area contributed by atoms with E-state index < -0.39 is 0 Å². The van der Waals surface area contributed by atoms with E-state index in [4.69, 9.17) is 4.74 Å². The van der Waals surface area contributed by atoms with Crippen LogP contribution in [0.15, 0.2) is 36.4 Å². The molecule has 96 valence electrons. The van der Waals surface area contributed by atoms with Gasteiger partial charge in [-0.25, -0.2) is 4.98 Å². The van der Waals surface area contributed by atoms with E-state index in [0.29, 0.717) is 0 Å². The average Bonchev–Trinajstić information content (AvgIpc) is 2.81. The molecule has 0 spiro atoms. The van der Waals surface area contributed by atoms with Crippen LogP contribution in [0.1, 0.15) is 5.56 Å². The van der Waals surface area contributed by atoms with Crippen molar-refractivity contribution >= 4 is 11.0 Å². The number of nitrogens with one attached hydrogen (secondary N) is 1. The van der Waals surface area contributed by atoms with Crippen molar-refractivity contribution in [2.45, 2.75) is 6.92 Å². The van der Waals surface area contributed by atoms with Crippen LogP contribution >= 0.6 is 0 Å². The lowest BCUT2D eigenvalue weighted by Crippen LogP contribution is -1.90. The van der Waals surface area contributed by atoms with Gasteiger partial charge < -0.3 is 14.8 Å². The number of benzene rings is 2. The van der Waals surface area contributed by atoms with Crippen LogP contribution < -0.4 is 4.74 Å². The molecule has 0 saturated carbocycles. The summed E-state index contributed by atoms with van der Waals surface area (Å²) in [6.45, 7) is 2.03. The fraction of sp³-hybridized carbons (Fsp3) is 0.133. The summed E-state index contributed by atoms with van der Waals surface area (Å²) in [7, 11) is 1.64. The predicted octanol–water partition coefficient (Wildman–Crippen LogP) is 3.25. The van der Waals surface area contributed by atoms with Crippen LogP contribution in [0.2, 0.25) is 0 Å². The van der Waals surface area contributed by atoms with E-state index in [1.165, 1.54) is 0 Å². The van der Waals surface area contributed by atoms with Crippen LogP contribution in [0, 0.1) is 6.92 Å². The molecule has 4 heteroatoms. The molecule has 3 aromatic rings. The van der Waals surface area contributed by atoms with E-state index in [0.717, 1.165) is 33.7 Å². The van der Waals surface area contributed by atoms with Gasteiger partial charge in [0, 0.05) is 6.07 Å². The maximum Gasteiger partial charge on any atom is 0.142 e. The maximum atomic E-state index is 9.48. The number of aryl methyl sites for hydroxylation is 1. The molecule has 1 heterocycles. The van der Waals surface area contributed by atoms with Gasteiger partial charge in [-0.15, -0.1) is 0 Å². The molecule has 0 fully saturated rings. The van der Waals surface area contributed by atoms with Gasteiger partial charge in [-0.3, -0.25) is 0 Å². The first-order valence-corrected chi connectivity index (χ1v) is 6.01. The number of aromatic nitrogens is 2. The highest BCUT2D eigenvalue weighted by Crippen LogP contribution is 2.30. The number of rotatable bonds is 2. The lowest BCUT2D eigenvalue weighted by Gasteiger charge is -2.06. The van der Waals surface area contributed by atoms with Gasteiger partial charge in [0.15, 0.2) is 0 Å². The molecule has 0 atom stereocenters. The summed E-state index contributed by atoms with van der Waals surface area (Å²) < 4.78 is 5.37. The third-order valence-electron chi connectivity index (χ3n) is 3.08. The number of imidazole rings is 1. The molecule has 0 saturated heterocycles. The second-order valence-electron chi connectivity index (χ2n) is 4.49. The Morgan fingerprint density at radius 2 is 2.00 bits per heavy atom. The minimum atomic E-state index is 0.221. The molecule has 2 N–H and O–H groups in total. The number of nitrogens with zero attached hydrogens (tertiary/aromatic N) is 1. The van der Waals surface area contributed by atoms with E-state index in [9.17, 15) is 5.11 Å². The molecule has 0 radical (unpaired) electrons. The average molecular weight is 254 g/mol. The van der Waals surface area contributed by atoms with Crippen LogP contribution in [0.5, 0.6) is 11.5 Å². The fourth-order valence-electron chi connectivity index (χ4n) is 2.13. The minimum Gasteiger partial charge on any atom is -0.508 e. The quantitative estimate of drug-likeness (QED) is 0.738. The molecule has 0 aliphatic heterocycles. The molecule has 3 rings (SSSR count). The molecule has 2 aromatic carbocycles. The SMILES string of the molecule is COc1ccc(C)cc1-c1nc2ccc(O)cc2[nH]1. The molecule has 0 aliphatic rings. The van der Waals surface area contributed by atoms with Gasteiger partial charge in [0.1, 0.15) is 17.3 Å². The zero-order valence-corrected chi connectivity index (χ0v) is 10.8. The zero-order valence-electron chi connectivity index (χ0n) is 10.8. The molecule has 0 bridgehead atoms. The van der Waals surface area contributed by atoms with Gasteiger partial charge in [-0.2, -0.15) is 0 Å². The van der Waals surface area contributed by atoms with Crippen molar-refractivity contribution in [2.24, 2.45) is 0 Å². The second kappa shape index (κ2) is 4.31. The lowest BCUT2D eigenvalue weighted by atomic mass is 10.1. The monoisotopic (exact) mass is 254 g/mol. The number of methoxy groups -OCH3 is 1. The minimum absolute atomic E-state index is 0.221. The Bertz CT molecular complexity index is 747. The third kappa shape index (κ3) is 2.01. The topological polar surface area (TPSA) is 58.1 Å². The lowest BCUT2D eigenvalue weighted by molar-refractivity contribution is 0.416. The number of phenolic OH excluding ortho intramolecular Hbond substituents is 1. The van der Waals surface area contributed by atoms with Gasteiger partial charge in [0.2, 0.25) is 0 Å². The van der Waals surface area contributed by atoms with Crippen molar-refractivity contribution < 1.29 is 9.84 Å². The zero-order chi connectivity index (χ0) is 13.4. The van der Waals surface area contributed by atoms with E-state index in [2.05, 4.69) is 9.97 Å².